The van der Waals surface area contributed by atoms with Crippen molar-refractivity contribution in [1.29, 1.82) is 0 Å². The molecule has 0 atom stereocenters. The molecule has 2 N–H and O–H groups in total. The molecule has 0 aliphatic heterocycles. The van der Waals surface area contributed by atoms with Crippen LogP contribution in [0.3, 0.4) is 0 Å². The van der Waals surface area contributed by atoms with Gasteiger partial charge in [-0.15, -0.1) is 0 Å². The molecule has 20 heavy (non-hydrogen) atoms. The third-order valence-electron chi connectivity index (χ3n) is 4.21. The third kappa shape index (κ3) is 2.69. The molecule has 0 unspecified atom stereocenters. The van der Waals surface area contributed by atoms with E-state index in [1.807, 2.05) is 12.1 Å². The Balaban J connectivity index is 1.93. The number of aromatic nitrogens is 2. The van der Waals surface area contributed by atoms with E-state index in [9.17, 15) is 0 Å². The van der Waals surface area contributed by atoms with Gasteiger partial charge in [0.25, 0.3) is 0 Å². The van der Waals surface area contributed by atoms with Crippen molar-refractivity contribution >= 4 is 5.88 Å². The van der Waals surface area contributed by atoms with Crippen LogP contribution in [0.2, 0.25) is 0 Å². The molecule has 0 aromatic carbocycles. The van der Waals surface area contributed by atoms with E-state index in [4.69, 9.17) is 10.3 Å². The average molecular weight is 271 g/mol. The molecule has 3 rings (SSSR count). The average Bonchev–Trinajstić information content (AvgIpc) is 2.81. The summed E-state index contributed by atoms with van der Waals surface area (Å²) in [6, 6.07) is 3.94. The SMILES string of the molecule is Nc1onc(C2CCCCCCC2)c1-c1ccncc1. The van der Waals surface area contributed by atoms with Gasteiger partial charge in [0.1, 0.15) is 0 Å². The number of hydrogen-bond donors (Lipinski definition) is 1. The Morgan fingerprint density at radius 1 is 1.00 bits per heavy atom. The van der Waals surface area contributed by atoms with Gasteiger partial charge in [0.05, 0.1) is 11.3 Å². The van der Waals surface area contributed by atoms with Crippen LogP contribution in [-0.4, -0.2) is 10.1 Å². The van der Waals surface area contributed by atoms with Crippen LogP contribution in [0.1, 0.15) is 56.6 Å². The van der Waals surface area contributed by atoms with Gasteiger partial charge in [-0.05, 0) is 30.5 Å². The number of nitrogens with zero attached hydrogens (tertiary/aromatic N) is 2. The van der Waals surface area contributed by atoms with Crippen molar-refractivity contribution in [3.05, 3.63) is 30.2 Å². The summed E-state index contributed by atoms with van der Waals surface area (Å²) in [7, 11) is 0. The minimum Gasteiger partial charge on any atom is -0.367 e. The molecule has 0 spiro atoms. The number of hydrogen-bond acceptors (Lipinski definition) is 4. The fraction of sp³-hybridized carbons (Fsp3) is 0.500. The Kier molecular flexibility index (Phi) is 4.00. The Bertz CT molecular complexity index is 542. The summed E-state index contributed by atoms with van der Waals surface area (Å²) in [6.07, 6.45) is 12.5. The molecule has 1 saturated carbocycles. The maximum Gasteiger partial charge on any atom is 0.230 e. The van der Waals surface area contributed by atoms with Gasteiger partial charge in [0.2, 0.25) is 5.88 Å². The van der Waals surface area contributed by atoms with Crippen molar-refractivity contribution in [3.63, 3.8) is 0 Å². The first-order chi connectivity index (χ1) is 9.86. The first kappa shape index (κ1) is 13.2. The summed E-state index contributed by atoms with van der Waals surface area (Å²) in [6.45, 7) is 0. The van der Waals surface area contributed by atoms with Crippen LogP contribution in [0, 0.1) is 0 Å². The van der Waals surface area contributed by atoms with E-state index in [2.05, 4.69) is 10.1 Å². The van der Waals surface area contributed by atoms with Gasteiger partial charge < -0.3 is 10.3 Å². The zero-order valence-corrected chi connectivity index (χ0v) is 11.7. The van der Waals surface area contributed by atoms with E-state index in [1.165, 1.54) is 44.9 Å². The van der Waals surface area contributed by atoms with Crippen LogP contribution < -0.4 is 5.73 Å². The van der Waals surface area contributed by atoms with Crippen molar-refractivity contribution in [2.45, 2.75) is 50.9 Å². The van der Waals surface area contributed by atoms with E-state index in [1.54, 1.807) is 12.4 Å². The topological polar surface area (TPSA) is 64.9 Å². The van der Waals surface area contributed by atoms with E-state index in [0.29, 0.717) is 11.8 Å². The molecule has 0 radical (unpaired) electrons. The monoisotopic (exact) mass is 271 g/mol. The maximum absolute atomic E-state index is 6.00. The van der Waals surface area contributed by atoms with Gasteiger partial charge >= 0.3 is 0 Å². The molecule has 2 aromatic rings. The molecule has 1 fully saturated rings. The highest BCUT2D eigenvalue weighted by molar-refractivity contribution is 5.75. The quantitative estimate of drug-likeness (QED) is 0.891. The second-order valence-electron chi connectivity index (χ2n) is 5.58. The summed E-state index contributed by atoms with van der Waals surface area (Å²) in [5, 5.41) is 4.27. The van der Waals surface area contributed by atoms with Crippen LogP contribution in [0.25, 0.3) is 11.1 Å². The lowest BCUT2D eigenvalue weighted by Crippen LogP contribution is -2.04. The molecular formula is C16H21N3O. The number of rotatable bonds is 2. The molecule has 4 nitrogen and oxygen atoms in total. The van der Waals surface area contributed by atoms with Crippen LogP contribution in [0.15, 0.2) is 29.0 Å². The lowest BCUT2D eigenvalue weighted by molar-refractivity contribution is 0.395. The normalized spacial score (nSPS) is 17.6. The zero-order valence-electron chi connectivity index (χ0n) is 11.7. The van der Waals surface area contributed by atoms with E-state index in [0.717, 1.165) is 16.8 Å². The number of nitrogens with two attached hydrogens (primary N) is 1. The van der Waals surface area contributed by atoms with Gasteiger partial charge in [0.15, 0.2) is 0 Å². The molecule has 106 valence electrons. The molecule has 4 heteroatoms. The summed E-state index contributed by atoms with van der Waals surface area (Å²) < 4.78 is 5.28. The maximum atomic E-state index is 6.00. The summed E-state index contributed by atoms with van der Waals surface area (Å²) >= 11 is 0. The van der Waals surface area contributed by atoms with Gasteiger partial charge in [-0.25, -0.2) is 0 Å². The Morgan fingerprint density at radius 2 is 1.65 bits per heavy atom. The van der Waals surface area contributed by atoms with Gasteiger partial charge in [-0.1, -0.05) is 37.3 Å². The molecule has 1 aliphatic carbocycles. The Labute approximate surface area is 119 Å². The number of pyridine rings is 1. The van der Waals surface area contributed by atoms with Crippen molar-refractivity contribution in [2.24, 2.45) is 0 Å². The van der Waals surface area contributed by atoms with Crippen LogP contribution in [-0.2, 0) is 0 Å². The van der Waals surface area contributed by atoms with E-state index in [-0.39, 0.29) is 0 Å². The molecule has 0 amide bonds. The molecule has 1 aliphatic rings. The zero-order chi connectivity index (χ0) is 13.8. The second kappa shape index (κ2) is 6.07. The Hall–Kier alpha value is -1.84. The largest absolute Gasteiger partial charge is 0.367 e. The first-order valence-electron chi connectivity index (χ1n) is 7.51. The minimum atomic E-state index is 0.424. The van der Waals surface area contributed by atoms with E-state index < -0.39 is 0 Å². The molecule has 0 saturated heterocycles. The van der Waals surface area contributed by atoms with Crippen LogP contribution in [0.5, 0.6) is 0 Å². The van der Waals surface area contributed by atoms with Crippen LogP contribution in [0.4, 0.5) is 5.88 Å². The number of anilines is 1. The Morgan fingerprint density at radius 3 is 2.35 bits per heavy atom. The summed E-state index contributed by atoms with van der Waals surface area (Å²) in [4.78, 5) is 4.06. The lowest BCUT2D eigenvalue weighted by atomic mass is 9.86. The van der Waals surface area contributed by atoms with Crippen molar-refractivity contribution in [1.82, 2.24) is 10.1 Å². The van der Waals surface area contributed by atoms with Gasteiger partial charge in [0, 0.05) is 18.3 Å². The van der Waals surface area contributed by atoms with Gasteiger partial charge in [-0.3, -0.25) is 4.98 Å². The minimum absolute atomic E-state index is 0.424. The van der Waals surface area contributed by atoms with Crippen molar-refractivity contribution in [2.75, 3.05) is 5.73 Å². The molecule has 2 heterocycles. The standard InChI is InChI=1S/C16H21N3O/c17-16-14(12-8-10-18-11-9-12)15(19-20-16)13-6-4-2-1-3-5-7-13/h8-11,13H,1-7,17H2. The predicted molar refractivity (Wildman–Crippen MR) is 79.2 cm³/mol. The second-order valence-corrected chi connectivity index (χ2v) is 5.58. The third-order valence-corrected chi connectivity index (χ3v) is 4.21. The fourth-order valence-corrected chi connectivity index (χ4v) is 3.13. The van der Waals surface area contributed by atoms with Crippen LogP contribution >= 0.6 is 0 Å². The van der Waals surface area contributed by atoms with Crippen molar-refractivity contribution in [3.8, 4) is 11.1 Å². The van der Waals surface area contributed by atoms with E-state index >= 15 is 0 Å². The number of nitrogen functional groups attached to an aromatic ring is 1. The van der Waals surface area contributed by atoms with Crippen molar-refractivity contribution < 1.29 is 4.52 Å². The summed E-state index contributed by atoms with van der Waals surface area (Å²) in [5.74, 6) is 0.896. The molecule has 2 aromatic heterocycles. The summed E-state index contributed by atoms with van der Waals surface area (Å²) in [5.41, 5.74) is 9.06. The molecule has 0 bridgehead atoms. The fourth-order valence-electron chi connectivity index (χ4n) is 3.13. The lowest BCUT2D eigenvalue weighted by Gasteiger charge is -2.18. The highest BCUT2D eigenvalue weighted by Gasteiger charge is 2.24. The first-order valence-corrected chi connectivity index (χ1v) is 7.51. The highest BCUT2D eigenvalue weighted by Crippen LogP contribution is 2.38. The van der Waals surface area contributed by atoms with Gasteiger partial charge in [-0.2, -0.15) is 0 Å². The highest BCUT2D eigenvalue weighted by atomic mass is 16.5. The molecular weight excluding hydrogens is 250 g/mol. The smallest absolute Gasteiger partial charge is 0.230 e. The predicted octanol–water partition coefficient (Wildman–Crippen LogP) is 4.15.